The number of carbonyl (C=O) groups is 3. The topological polar surface area (TPSA) is 99.8 Å². The summed E-state index contributed by atoms with van der Waals surface area (Å²) in [6.07, 6.45) is 2.19. The first kappa shape index (κ1) is 23.6. The van der Waals surface area contributed by atoms with Crippen LogP contribution in [0.3, 0.4) is 0 Å². The average molecular weight is 495 g/mol. The highest BCUT2D eigenvalue weighted by Crippen LogP contribution is 2.28. The average Bonchev–Trinajstić information content (AvgIpc) is 3.53. The van der Waals surface area contributed by atoms with Crippen LogP contribution >= 0.6 is 22.9 Å². The first-order valence-corrected chi connectivity index (χ1v) is 11.9. The SMILES string of the molecule is O=C(NC[C@H](NCC1CC1)C(=O)Nc1ccc(N2CCOCC2=O)cc1F)c1ccc(Cl)s1. The monoisotopic (exact) mass is 494 g/mol. The fourth-order valence-corrected chi connectivity index (χ4v) is 4.35. The third-order valence-corrected chi connectivity index (χ3v) is 6.67. The number of hydrogen-bond acceptors (Lipinski definition) is 6. The Labute approximate surface area is 199 Å². The molecule has 3 N–H and O–H groups in total. The lowest BCUT2D eigenvalue weighted by molar-refractivity contribution is -0.125. The summed E-state index contributed by atoms with van der Waals surface area (Å²) in [5.41, 5.74) is 0.406. The molecule has 2 aromatic rings. The molecule has 2 heterocycles. The summed E-state index contributed by atoms with van der Waals surface area (Å²) >= 11 is 7.03. The summed E-state index contributed by atoms with van der Waals surface area (Å²) in [6.45, 7) is 1.35. The first-order valence-electron chi connectivity index (χ1n) is 10.7. The zero-order chi connectivity index (χ0) is 23.4. The second-order valence-corrected chi connectivity index (χ2v) is 9.68. The molecule has 2 aliphatic rings. The van der Waals surface area contributed by atoms with Gasteiger partial charge in [-0.05, 0) is 55.6 Å². The van der Waals surface area contributed by atoms with Crippen molar-refractivity contribution in [3.8, 4) is 0 Å². The van der Waals surface area contributed by atoms with Gasteiger partial charge in [0.15, 0.2) is 0 Å². The molecule has 4 rings (SSSR count). The number of nitrogens with zero attached hydrogens (tertiary/aromatic N) is 1. The maximum Gasteiger partial charge on any atom is 0.261 e. The van der Waals surface area contributed by atoms with Crippen molar-refractivity contribution in [2.75, 3.05) is 43.1 Å². The van der Waals surface area contributed by atoms with Gasteiger partial charge >= 0.3 is 0 Å². The minimum absolute atomic E-state index is 0.000884. The minimum Gasteiger partial charge on any atom is -0.370 e. The number of hydrogen-bond donors (Lipinski definition) is 3. The van der Waals surface area contributed by atoms with E-state index in [4.69, 9.17) is 16.3 Å². The summed E-state index contributed by atoms with van der Waals surface area (Å²) in [6, 6.07) is 6.73. The van der Waals surface area contributed by atoms with Gasteiger partial charge in [-0.3, -0.25) is 14.4 Å². The van der Waals surface area contributed by atoms with E-state index in [1.54, 1.807) is 18.2 Å². The van der Waals surface area contributed by atoms with Gasteiger partial charge < -0.3 is 25.6 Å². The molecule has 33 heavy (non-hydrogen) atoms. The third-order valence-electron chi connectivity index (χ3n) is 5.44. The number of amides is 3. The van der Waals surface area contributed by atoms with Crippen molar-refractivity contribution in [1.29, 1.82) is 0 Å². The Balaban J connectivity index is 1.39. The van der Waals surface area contributed by atoms with E-state index in [1.165, 1.54) is 17.0 Å². The molecule has 0 bridgehead atoms. The fraction of sp³-hybridized carbons (Fsp3) is 0.409. The number of carbonyl (C=O) groups excluding carboxylic acids is 3. The molecular formula is C22H24ClFN4O4S. The number of halogens is 2. The van der Waals surface area contributed by atoms with E-state index in [0.29, 0.717) is 40.5 Å². The maximum absolute atomic E-state index is 14.7. The number of ether oxygens (including phenoxy) is 1. The summed E-state index contributed by atoms with van der Waals surface area (Å²) in [4.78, 5) is 39.1. The molecule has 11 heteroatoms. The van der Waals surface area contributed by atoms with Gasteiger partial charge in [-0.25, -0.2) is 4.39 Å². The summed E-state index contributed by atoms with van der Waals surface area (Å²) in [7, 11) is 0. The smallest absolute Gasteiger partial charge is 0.261 e. The van der Waals surface area contributed by atoms with E-state index >= 15 is 0 Å². The summed E-state index contributed by atoms with van der Waals surface area (Å²) in [5.74, 6) is -1.19. The second kappa shape index (κ2) is 10.6. The van der Waals surface area contributed by atoms with Crippen molar-refractivity contribution >= 4 is 52.0 Å². The van der Waals surface area contributed by atoms with Crippen LogP contribution in [0.2, 0.25) is 4.34 Å². The molecular weight excluding hydrogens is 471 g/mol. The molecule has 2 fully saturated rings. The van der Waals surface area contributed by atoms with Crippen LogP contribution in [0.25, 0.3) is 0 Å². The lowest BCUT2D eigenvalue weighted by atomic mass is 10.2. The predicted octanol–water partition coefficient (Wildman–Crippen LogP) is 2.64. The van der Waals surface area contributed by atoms with E-state index in [9.17, 15) is 18.8 Å². The standard InChI is InChI=1S/C22H24ClFN4O4S/c23-19-6-5-18(33-19)22(31)26-11-17(25-10-13-1-2-13)21(30)27-16-4-3-14(9-15(16)24)28-7-8-32-12-20(28)29/h3-6,9,13,17,25H,1-2,7-8,10-12H2,(H,26,31)(H,27,30)/t17-/m0/s1. The molecule has 1 saturated heterocycles. The van der Waals surface area contributed by atoms with E-state index in [2.05, 4.69) is 16.0 Å². The lowest BCUT2D eigenvalue weighted by Gasteiger charge is -2.27. The van der Waals surface area contributed by atoms with Crippen LogP contribution in [0.15, 0.2) is 30.3 Å². The molecule has 1 aromatic heterocycles. The zero-order valence-electron chi connectivity index (χ0n) is 17.7. The Morgan fingerprint density at radius 1 is 1.27 bits per heavy atom. The van der Waals surface area contributed by atoms with Gasteiger partial charge in [0, 0.05) is 18.8 Å². The molecule has 1 atom stereocenters. The molecule has 1 aromatic carbocycles. The lowest BCUT2D eigenvalue weighted by Crippen LogP contribution is -2.49. The Morgan fingerprint density at radius 2 is 2.09 bits per heavy atom. The Kier molecular flexibility index (Phi) is 7.59. The maximum atomic E-state index is 14.7. The molecule has 0 spiro atoms. The van der Waals surface area contributed by atoms with Crippen molar-refractivity contribution < 1.29 is 23.5 Å². The van der Waals surface area contributed by atoms with Gasteiger partial charge in [-0.15, -0.1) is 11.3 Å². The Bertz CT molecular complexity index is 1050. The highest BCUT2D eigenvalue weighted by Gasteiger charge is 2.27. The highest BCUT2D eigenvalue weighted by molar-refractivity contribution is 7.18. The quantitative estimate of drug-likeness (QED) is 0.497. The van der Waals surface area contributed by atoms with Crippen LogP contribution < -0.4 is 20.9 Å². The van der Waals surface area contributed by atoms with E-state index in [1.807, 2.05) is 0 Å². The van der Waals surface area contributed by atoms with Gasteiger partial charge in [-0.2, -0.15) is 0 Å². The van der Waals surface area contributed by atoms with Crippen molar-refractivity contribution in [3.05, 3.63) is 45.4 Å². The Hall–Kier alpha value is -2.53. The van der Waals surface area contributed by atoms with E-state index in [-0.39, 0.29) is 30.7 Å². The predicted molar refractivity (Wildman–Crippen MR) is 124 cm³/mol. The molecule has 3 amide bonds. The van der Waals surface area contributed by atoms with Crippen LogP contribution in [0.4, 0.5) is 15.8 Å². The zero-order valence-corrected chi connectivity index (χ0v) is 19.3. The minimum atomic E-state index is -0.745. The van der Waals surface area contributed by atoms with Gasteiger partial charge in [0.05, 0.1) is 21.5 Å². The van der Waals surface area contributed by atoms with E-state index < -0.39 is 17.8 Å². The van der Waals surface area contributed by atoms with Gasteiger partial charge in [0.1, 0.15) is 18.5 Å². The number of thiophene rings is 1. The largest absolute Gasteiger partial charge is 0.370 e. The second-order valence-electron chi connectivity index (χ2n) is 7.97. The van der Waals surface area contributed by atoms with Crippen LogP contribution in [0.5, 0.6) is 0 Å². The van der Waals surface area contributed by atoms with E-state index in [0.717, 1.165) is 24.2 Å². The molecule has 1 aliphatic carbocycles. The number of morpholine rings is 1. The van der Waals surface area contributed by atoms with Crippen molar-refractivity contribution in [1.82, 2.24) is 10.6 Å². The normalized spacial score (nSPS) is 17.0. The van der Waals surface area contributed by atoms with Gasteiger partial charge in [0.2, 0.25) is 5.91 Å². The van der Waals surface area contributed by atoms with Crippen molar-refractivity contribution in [3.63, 3.8) is 0 Å². The molecule has 1 aliphatic heterocycles. The number of anilines is 2. The van der Waals surface area contributed by atoms with Crippen LogP contribution in [-0.4, -0.2) is 56.6 Å². The van der Waals surface area contributed by atoms with Gasteiger partial charge in [0.25, 0.3) is 11.8 Å². The highest BCUT2D eigenvalue weighted by atomic mass is 35.5. The molecule has 0 unspecified atom stereocenters. The van der Waals surface area contributed by atoms with Crippen LogP contribution in [-0.2, 0) is 14.3 Å². The van der Waals surface area contributed by atoms with Gasteiger partial charge in [-0.1, -0.05) is 11.6 Å². The number of rotatable bonds is 9. The van der Waals surface area contributed by atoms with Crippen molar-refractivity contribution in [2.24, 2.45) is 5.92 Å². The molecule has 176 valence electrons. The first-order chi connectivity index (χ1) is 15.9. The third kappa shape index (κ3) is 6.29. The molecule has 1 saturated carbocycles. The Morgan fingerprint density at radius 3 is 2.76 bits per heavy atom. The fourth-order valence-electron chi connectivity index (χ4n) is 3.39. The van der Waals surface area contributed by atoms with Crippen LogP contribution in [0.1, 0.15) is 22.5 Å². The number of nitrogens with one attached hydrogen (secondary N) is 3. The number of benzene rings is 1. The van der Waals surface area contributed by atoms with Crippen LogP contribution in [0, 0.1) is 11.7 Å². The summed E-state index contributed by atoms with van der Waals surface area (Å²) < 4.78 is 20.3. The summed E-state index contributed by atoms with van der Waals surface area (Å²) in [5, 5.41) is 8.49. The molecule has 8 nitrogen and oxygen atoms in total. The van der Waals surface area contributed by atoms with Crippen molar-refractivity contribution in [2.45, 2.75) is 18.9 Å². The molecule has 0 radical (unpaired) electrons.